The highest BCUT2D eigenvalue weighted by Gasteiger charge is 2.17. The van der Waals surface area contributed by atoms with Gasteiger partial charge in [-0.2, -0.15) is 0 Å². The maximum atomic E-state index is 12.1. The van der Waals surface area contributed by atoms with Crippen LogP contribution >= 0.6 is 0 Å². The molecule has 0 spiro atoms. The standard InChI is InChI=1S/C15H15N3O5.C3H4N2/c1-7(17-8(2)19)14(21)18-11-5-3-4-9-12(11)16-6-10(13(9)20)15(22)23;1-2-5-3-4-1/h3-7H,1-2H3,(H,16,20)(H,17,19)(H,18,21)(H,22,23);1-3H,(H,4,5). The summed E-state index contributed by atoms with van der Waals surface area (Å²) in [4.78, 5) is 55.3. The number of carbonyl (C=O) groups excluding carboxylic acids is 2. The Hall–Kier alpha value is -3.95. The van der Waals surface area contributed by atoms with E-state index in [0.29, 0.717) is 11.2 Å². The van der Waals surface area contributed by atoms with Gasteiger partial charge in [0.2, 0.25) is 17.2 Å². The number of nitrogens with zero attached hydrogens (tertiary/aromatic N) is 1. The van der Waals surface area contributed by atoms with Crippen molar-refractivity contribution in [3.8, 4) is 0 Å². The van der Waals surface area contributed by atoms with E-state index in [1.807, 2.05) is 0 Å². The number of aromatic carboxylic acids is 1. The van der Waals surface area contributed by atoms with E-state index >= 15 is 0 Å². The summed E-state index contributed by atoms with van der Waals surface area (Å²) in [6.45, 7) is 2.82. The van der Waals surface area contributed by atoms with E-state index in [0.717, 1.165) is 6.20 Å². The van der Waals surface area contributed by atoms with Crippen molar-refractivity contribution in [1.82, 2.24) is 20.3 Å². The molecule has 1 unspecified atom stereocenters. The van der Waals surface area contributed by atoms with Crippen LogP contribution in [0, 0.1) is 0 Å². The monoisotopic (exact) mass is 385 g/mol. The third-order valence-corrected chi connectivity index (χ3v) is 3.62. The molecule has 0 bridgehead atoms. The molecule has 2 amide bonds. The molecular weight excluding hydrogens is 366 g/mol. The minimum atomic E-state index is -1.33. The molecule has 0 aliphatic heterocycles. The van der Waals surface area contributed by atoms with Gasteiger partial charge in [-0.15, -0.1) is 0 Å². The van der Waals surface area contributed by atoms with Gasteiger partial charge in [-0.1, -0.05) is 6.07 Å². The topological polar surface area (TPSA) is 157 Å². The number of benzene rings is 1. The Morgan fingerprint density at radius 3 is 2.54 bits per heavy atom. The Bertz CT molecular complexity index is 1020. The molecular formula is C18H19N5O5. The fraction of sp³-hybridized carbons (Fsp3) is 0.167. The van der Waals surface area contributed by atoms with Gasteiger partial charge in [-0.3, -0.25) is 14.4 Å². The number of pyridine rings is 1. The molecule has 2 heterocycles. The molecule has 0 saturated heterocycles. The SMILES string of the molecule is CC(=O)NC(C)C(=O)Nc1cccc2c(=O)c(C(=O)O)c[nH]c12.c1c[nH]cn1. The third kappa shape index (κ3) is 5.04. The maximum Gasteiger partial charge on any atom is 0.341 e. The number of amides is 2. The number of aromatic amines is 2. The number of aromatic nitrogens is 3. The van der Waals surface area contributed by atoms with Crippen molar-refractivity contribution in [2.24, 2.45) is 0 Å². The fourth-order valence-corrected chi connectivity index (χ4v) is 2.34. The summed E-state index contributed by atoms with van der Waals surface area (Å²) in [5.41, 5.74) is -0.394. The second kappa shape index (κ2) is 9.12. The summed E-state index contributed by atoms with van der Waals surface area (Å²) in [5.74, 6) is -2.14. The summed E-state index contributed by atoms with van der Waals surface area (Å²) < 4.78 is 0. The van der Waals surface area contributed by atoms with E-state index in [9.17, 15) is 19.2 Å². The normalized spacial score (nSPS) is 11.1. The molecule has 1 aromatic carbocycles. The van der Waals surface area contributed by atoms with Crippen LogP contribution in [-0.4, -0.2) is 43.9 Å². The van der Waals surface area contributed by atoms with Crippen molar-refractivity contribution in [2.75, 3.05) is 5.32 Å². The number of anilines is 1. The lowest BCUT2D eigenvalue weighted by Crippen LogP contribution is -2.40. The van der Waals surface area contributed by atoms with Crippen LogP contribution in [0.1, 0.15) is 24.2 Å². The van der Waals surface area contributed by atoms with Crippen molar-refractivity contribution in [3.63, 3.8) is 0 Å². The lowest BCUT2D eigenvalue weighted by Gasteiger charge is -2.14. The zero-order chi connectivity index (χ0) is 20.7. The molecule has 0 fully saturated rings. The minimum absolute atomic E-state index is 0.148. The molecule has 0 aliphatic rings. The first-order chi connectivity index (χ1) is 13.3. The lowest BCUT2D eigenvalue weighted by atomic mass is 10.1. The number of hydrogen-bond acceptors (Lipinski definition) is 5. The number of rotatable bonds is 4. The summed E-state index contributed by atoms with van der Waals surface area (Å²) in [6, 6.07) is 3.81. The van der Waals surface area contributed by atoms with Gasteiger partial charge in [0.1, 0.15) is 11.6 Å². The van der Waals surface area contributed by atoms with E-state index in [4.69, 9.17) is 5.11 Å². The van der Waals surface area contributed by atoms with Gasteiger partial charge in [0.15, 0.2) is 0 Å². The van der Waals surface area contributed by atoms with Crippen molar-refractivity contribution in [3.05, 3.63) is 58.9 Å². The van der Waals surface area contributed by atoms with Crippen molar-refractivity contribution < 1.29 is 19.5 Å². The molecule has 28 heavy (non-hydrogen) atoms. The number of nitrogens with one attached hydrogen (secondary N) is 4. The van der Waals surface area contributed by atoms with E-state index in [2.05, 4.69) is 25.6 Å². The highest BCUT2D eigenvalue weighted by atomic mass is 16.4. The molecule has 0 saturated carbocycles. The molecule has 0 radical (unpaired) electrons. The maximum absolute atomic E-state index is 12.1. The van der Waals surface area contributed by atoms with E-state index < -0.39 is 23.3 Å². The van der Waals surface area contributed by atoms with Crippen molar-refractivity contribution in [1.29, 1.82) is 0 Å². The molecule has 0 aliphatic carbocycles. The fourth-order valence-electron chi connectivity index (χ4n) is 2.34. The van der Waals surface area contributed by atoms with E-state index in [1.165, 1.54) is 26.0 Å². The number of imidazole rings is 1. The number of carboxylic acids is 1. The average molecular weight is 385 g/mol. The zero-order valence-corrected chi connectivity index (χ0v) is 15.1. The second-order valence-electron chi connectivity index (χ2n) is 5.74. The Labute approximate surface area is 159 Å². The zero-order valence-electron chi connectivity index (χ0n) is 15.1. The number of H-pyrrole nitrogens is 2. The summed E-state index contributed by atoms with van der Waals surface area (Å²) in [6.07, 6.45) is 6.17. The number of carbonyl (C=O) groups is 3. The van der Waals surface area contributed by atoms with Gasteiger partial charge in [0, 0.05) is 30.9 Å². The molecule has 5 N–H and O–H groups in total. The predicted molar refractivity (Wildman–Crippen MR) is 102 cm³/mol. The van der Waals surface area contributed by atoms with Crippen LogP contribution in [0.2, 0.25) is 0 Å². The molecule has 2 aromatic heterocycles. The van der Waals surface area contributed by atoms with Crippen LogP contribution in [-0.2, 0) is 9.59 Å². The number of para-hydroxylation sites is 1. The molecule has 10 heteroatoms. The molecule has 10 nitrogen and oxygen atoms in total. The first-order valence-corrected chi connectivity index (χ1v) is 8.19. The van der Waals surface area contributed by atoms with Gasteiger partial charge < -0.3 is 25.7 Å². The summed E-state index contributed by atoms with van der Waals surface area (Å²) >= 11 is 0. The van der Waals surface area contributed by atoms with E-state index in [-0.39, 0.29) is 16.9 Å². The summed E-state index contributed by atoms with van der Waals surface area (Å²) in [5, 5.41) is 14.2. The number of fused-ring (bicyclic) bond motifs is 1. The second-order valence-corrected chi connectivity index (χ2v) is 5.74. The van der Waals surface area contributed by atoms with Crippen LogP contribution in [0.5, 0.6) is 0 Å². The van der Waals surface area contributed by atoms with Crippen LogP contribution in [0.15, 0.2) is 47.9 Å². The molecule has 3 aromatic rings. The Balaban J connectivity index is 0.000000485. The number of hydrogen-bond donors (Lipinski definition) is 5. The predicted octanol–water partition coefficient (Wildman–Crippen LogP) is 1.10. The molecule has 1 atom stereocenters. The third-order valence-electron chi connectivity index (χ3n) is 3.62. The van der Waals surface area contributed by atoms with Crippen LogP contribution < -0.4 is 16.1 Å². The first kappa shape index (κ1) is 20.4. The molecule has 3 rings (SSSR count). The Morgan fingerprint density at radius 1 is 1.25 bits per heavy atom. The van der Waals surface area contributed by atoms with Crippen molar-refractivity contribution >= 4 is 34.4 Å². The van der Waals surface area contributed by atoms with Gasteiger partial charge >= 0.3 is 5.97 Å². The van der Waals surface area contributed by atoms with Gasteiger partial charge in [0.05, 0.1) is 17.5 Å². The van der Waals surface area contributed by atoms with Gasteiger partial charge in [0.25, 0.3) is 0 Å². The van der Waals surface area contributed by atoms with Gasteiger partial charge in [-0.05, 0) is 19.1 Å². The quantitative estimate of drug-likeness (QED) is 0.452. The van der Waals surface area contributed by atoms with Gasteiger partial charge in [-0.25, -0.2) is 9.78 Å². The first-order valence-electron chi connectivity index (χ1n) is 8.19. The Kier molecular flexibility index (Phi) is 6.63. The smallest absolute Gasteiger partial charge is 0.341 e. The van der Waals surface area contributed by atoms with Crippen LogP contribution in [0.25, 0.3) is 10.9 Å². The average Bonchev–Trinajstić information content (AvgIpc) is 3.21. The Morgan fingerprint density at radius 2 is 2.00 bits per heavy atom. The highest BCUT2D eigenvalue weighted by molar-refractivity contribution is 6.04. The van der Waals surface area contributed by atoms with Crippen LogP contribution in [0.4, 0.5) is 5.69 Å². The highest BCUT2D eigenvalue weighted by Crippen LogP contribution is 2.19. The van der Waals surface area contributed by atoms with E-state index in [1.54, 1.807) is 24.8 Å². The largest absolute Gasteiger partial charge is 0.477 e. The molecule has 146 valence electrons. The number of carboxylic acid groups (broad SMARTS) is 1. The van der Waals surface area contributed by atoms with Crippen molar-refractivity contribution in [2.45, 2.75) is 19.9 Å². The minimum Gasteiger partial charge on any atom is -0.477 e. The van der Waals surface area contributed by atoms with Crippen LogP contribution in [0.3, 0.4) is 0 Å². The summed E-state index contributed by atoms with van der Waals surface area (Å²) in [7, 11) is 0. The lowest BCUT2D eigenvalue weighted by molar-refractivity contribution is -0.124.